The summed E-state index contributed by atoms with van der Waals surface area (Å²) in [6, 6.07) is 4.13. The third kappa shape index (κ3) is 4.21. The van der Waals surface area contributed by atoms with Crippen LogP contribution in [-0.2, 0) is 16.0 Å². The van der Waals surface area contributed by atoms with Crippen molar-refractivity contribution in [2.75, 3.05) is 56.7 Å². The molecule has 180 valence electrons. The van der Waals surface area contributed by atoms with Gasteiger partial charge in [0, 0.05) is 75.2 Å². The van der Waals surface area contributed by atoms with Crippen molar-refractivity contribution in [2.45, 2.75) is 25.4 Å². The third-order valence-corrected chi connectivity index (χ3v) is 7.23. The fourth-order valence-corrected chi connectivity index (χ4v) is 5.26. The molecule has 2 atom stereocenters. The van der Waals surface area contributed by atoms with Crippen LogP contribution in [0.25, 0.3) is 0 Å². The molecule has 0 unspecified atom stereocenters. The summed E-state index contributed by atoms with van der Waals surface area (Å²) < 4.78 is 12.2. The van der Waals surface area contributed by atoms with E-state index >= 15 is 0 Å². The molecule has 2 saturated heterocycles. The van der Waals surface area contributed by atoms with Crippen LogP contribution in [0.3, 0.4) is 0 Å². The minimum absolute atomic E-state index is 0.172. The smallest absolute Gasteiger partial charge is 0.261 e. The van der Waals surface area contributed by atoms with Crippen molar-refractivity contribution in [3.05, 3.63) is 41.4 Å². The Morgan fingerprint density at radius 1 is 1.32 bits per heavy atom. The molecule has 1 aromatic rings. The normalized spacial score (nSPS) is 27.7. The number of carbonyl (C=O) groups excluding carboxylic acids is 1. The van der Waals surface area contributed by atoms with Gasteiger partial charge in [-0.1, -0.05) is 6.92 Å². The molecule has 0 aliphatic carbocycles. The highest BCUT2D eigenvalue weighted by Gasteiger charge is 2.47. The van der Waals surface area contributed by atoms with E-state index in [0.717, 1.165) is 67.9 Å². The van der Waals surface area contributed by atoms with Gasteiger partial charge < -0.3 is 35.3 Å². The summed E-state index contributed by atoms with van der Waals surface area (Å²) in [5.41, 5.74) is 2.73. The Hall–Kier alpha value is -3.17. The lowest BCUT2D eigenvalue weighted by atomic mass is 9.79. The number of fused-ring (bicyclic) bond motifs is 1. The van der Waals surface area contributed by atoms with Crippen LogP contribution < -0.4 is 20.3 Å². The van der Waals surface area contributed by atoms with Gasteiger partial charge in [0.15, 0.2) is 0 Å². The highest BCUT2D eigenvalue weighted by molar-refractivity contribution is 6.18. The zero-order valence-corrected chi connectivity index (χ0v) is 19.8. The maximum absolute atomic E-state index is 13.2. The molecule has 4 aliphatic heterocycles. The molecule has 1 spiro atoms. The molecule has 4 heterocycles. The van der Waals surface area contributed by atoms with Gasteiger partial charge in [-0.3, -0.25) is 4.79 Å². The number of allylic oxidation sites excluding steroid dienone is 1. The molecule has 5 rings (SSSR count). The molecule has 34 heavy (non-hydrogen) atoms. The second-order valence-corrected chi connectivity index (χ2v) is 9.48. The van der Waals surface area contributed by atoms with E-state index in [1.807, 2.05) is 0 Å². The Bertz CT molecular complexity index is 1070. The summed E-state index contributed by atoms with van der Waals surface area (Å²) in [7, 11) is 2.16. The first kappa shape index (κ1) is 22.6. The molecule has 4 aliphatic rings. The number of amides is 1. The van der Waals surface area contributed by atoms with Crippen molar-refractivity contribution in [3.8, 4) is 5.75 Å². The predicted octanol–water partition coefficient (Wildman–Crippen LogP) is 2.16. The Morgan fingerprint density at radius 2 is 2.15 bits per heavy atom. The lowest BCUT2D eigenvalue weighted by Crippen LogP contribution is -2.52. The van der Waals surface area contributed by atoms with Gasteiger partial charge in [-0.2, -0.15) is 0 Å². The van der Waals surface area contributed by atoms with Crippen molar-refractivity contribution in [2.24, 2.45) is 10.9 Å². The Labute approximate surface area is 200 Å². The average molecular weight is 465 g/mol. The highest BCUT2D eigenvalue weighted by Crippen LogP contribution is 2.47. The van der Waals surface area contributed by atoms with E-state index in [0.29, 0.717) is 25.0 Å². The molecule has 1 amide bonds. The van der Waals surface area contributed by atoms with Crippen LogP contribution in [0, 0.1) is 11.3 Å². The van der Waals surface area contributed by atoms with Crippen LogP contribution in [0.5, 0.6) is 5.75 Å². The number of hydrogen-bond donors (Lipinski definition) is 3. The average Bonchev–Trinajstić information content (AvgIpc) is 3.21. The van der Waals surface area contributed by atoms with Gasteiger partial charge >= 0.3 is 0 Å². The molecule has 2 fully saturated rings. The molecule has 0 saturated carbocycles. The topological polar surface area (TPSA) is 102 Å². The fourth-order valence-electron chi connectivity index (χ4n) is 5.26. The first-order valence-electron chi connectivity index (χ1n) is 11.9. The minimum Gasteiger partial charge on any atom is -0.486 e. The van der Waals surface area contributed by atoms with Crippen LogP contribution in [0.2, 0.25) is 0 Å². The maximum Gasteiger partial charge on any atom is 0.261 e. The number of piperidine rings is 1. The summed E-state index contributed by atoms with van der Waals surface area (Å²) in [6.45, 7) is 7.04. The first-order valence-corrected chi connectivity index (χ1v) is 11.9. The van der Waals surface area contributed by atoms with Crippen LogP contribution >= 0.6 is 0 Å². The number of rotatable bonds is 4. The molecule has 9 heteroatoms. The number of benzene rings is 1. The molecule has 0 aromatic heterocycles. The van der Waals surface area contributed by atoms with E-state index in [2.05, 4.69) is 51.5 Å². The number of morpholine rings is 1. The minimum atomic E-state index is -0.374. The number of aliphatic imine (C=N–C) groups is 1. The highest BCUT2D eigenvalue weighted by atomic mass is 16.5. The van der Waals surface area contributed by atoms with Crippen LogP contribution in [-0.4, -0.2) is 75.3 Å². The second-order valence-electron chi connectivity index (χ2n) is 9.48. The van der Waals surface area contributed by atoms with Crippen molar-refractivity contribution >= 4 is 29.7 Å². The number of likely N-dealkylation sites (tertiary alicyclic amines) is 1. The first-order chi connectivity index (χ1) is 16.5. The second kappa shape index (κ2) is 9.23. The zero-order valence-electron chi connectivity index (χ0n) is 19.8. The molecule has 1 aromatic carbocycles. The van der Waals surface area contributed by atoms with Crippen molar-refractivity contribution < 1.29 is 14.3 Å². The van der Waals surface area contributed by atoms with E-state index in [-0.39, 0.29) is 17.1 Å². The number of nitrogens with zero attached hydrogens (tertiary/aromatic N) is 3. The predicted molar refractivity (Wildman–Crippen MR) is 133 cm³/mol. The number of carbonyl (C=O) groups is 1. The van der Waals surface area contributed by atoms with Crippen LogP contribution in [0.15, 0.2) is 40.8 Å². The molecular formula is C25H32N6O3. The monoisotopic (exact) mass is 464 g/mol. The lowest BCUT2D eigenvalue weighted by Gasteiger charge is -2.42. The summed E-state index contributed by atoms with van der Waals surface area (Å²) in [5, 5.41) is 13.8. The quantitative estimate of drug-likeness (QED) is 0.466. The van der Waals surface area contributed by atoms with Gasteiger partial charge in [-0.15, -0.1) is 0 Å². The van der Waals surface area contributed by atoms with Crippen LogP contribution in [0.4, 0.5) is 11.4 Å². The van der Waals surface area contributed by atoms with E-state index < -0.39 is 0 Å². The summed E-state index contributed by atoms with van der Waals surface area (Å²) in [6.07, 6.45) is 7.87. The van der Waals surface area contributed by atoms with Gasteiger partial charge in [-0.05, 0) is 19.2 Å². The van der Waals surface area contributed by atoms with E-state index in [9.17, 15) is 4.79 Å². The van der Waals surface area contributed by atoms with E-state index in [1.54, 1.807) is 18.5 Å². The molecule has 0 radical (unpaired) electrons. The Balaban J connectivity index is 1.48. The largest absolute Gasteiger partial charge is 0.486 e. The van der Waals surface area contributed by atoms with Gasteiger partial charge in [0.1, 0.15) is 17.2 Å². The van der Waals surface area contributed by atoms with Gasteiger partial charge in [0.25, 0.3) is 5.91 Å². The van der Waals surface area contributed by atoms with E-state index in [1.165, 1.54) is 0 Å². The van der Waals surface area contributed by atoms with Crippen molar-refractivity contribution in [1.82, 2.24) is 10.2 Å². The van der Waals surface area contributed by atoms with Crippen LogP contribution in [0.1, 0.15) is 18.9 Å². The SMILES string of the molecule is C[C@H]1CN(C)CC[C@]12Cc1cc(NC(=O)/C(C=N)=C3\N=CC=CN3)c(N3CCOCC3)cc1O2. The summed E-state index contributed by atoms with van der Waals surface area (Å²) in [4.78, 5) is 22.0. The summed E-state index contributed by atoms with van der Waals surface area (Å²) in [5.74, 6) is 1.29. The number of hydrogen-bond acceptors (Lipinski definition) is 8. The standard InChI is InChI=1S/C25H32N6O3/c1-17-16-30(2)7-4-25(17)14-18-12-20(21(13-22(18)34-25)31-8-10-33-11-9-31)29-24(32)19(15-26)23-27-5-3-6-28-23/h3,5-6,12-13,15,17,26-27H,4,7-11,14,16H2,1-2H3,(H,29,32)/b23-19-,26-15?/t17-,25-/m0/s1. The van der Waals surface area contributed by atoms with Gasteiger partial charge in [-0.25, -0.2) is 4.99 Å². The molecule has 3 N–H and O–H groups in total. The molecular weight excluding hydrogens is 432 g/mol. The molecule has 9 nitrogen and oxygen atoms in total. The Kier molecular flexibility index (Phi) is 6.14. The van der Waals surface area contributed by atoms with Crippen molar-refractivity contribution in [3.63, 3.8) is 0 Å². The fraction of sp³-hybridized carbons (Fsp3) is 0.480. The third-order valence-electron chi connectivity index (χ3n) is 7.23. The maximum atomic E-state index is 13.2. The van der Waals surface area contributed by atoms with Crippen molar-refractivity contribution in [1.29, 1.82) is 5.41 Å². The van der Waals surface area contributed by atoms with Gasteiger partial charge in [0.05, 0.1) is 30.2 Å². The molecule has 0 bridgehead atoms. The number of nitrogens with one attached hydrogen (secondary N) is 3. The van der Waals surface area contributed by atoms with Gasteiger partial charge in [0.2, 0.25) is 0 Å². The zero-order chi connectivity index (χ0) is 23.7. The Morgan fingerprint density at radius 3 is 2.85 bits per heavy atom. The summed E-state index contributed by atoms with van der Waals surface area (Å²) >= 11 is 0. The van der Waals surface area contributed by atoms with E-state index in [4.69, 9.17) is 14.9 Å². The lowest BCUT2D eigenvalue weighted by molar-refractivity contribution is -0.112. The number of ether oxygens (including phenoxy) is 2. The number of anilines is 2.